The molecule has 0 unspecified atom stereocenters. The van der Waals surface area contributed by atoms with Gasteiger partial charge in [0.15, 0.2) is 0 Å². The van der Waals surface area contributed by atoms with Crippen molar-refractivity contribution in [3.8, 4) is 11.1 Å². The van der Waals surface area contributed by atoms with Gasteiger partial charge in [0.05, 0.1) is 12.1 Å². The summed E-state index contributed by atoms with van der Waals surface area (Å²) in [5, 5.41) is 3.10. The topological polar surface area (TPSA) is 41.6 Å². The van der Waals surface area contributed by atoms with Crippen LogP contribution in [0.4, 0.5) is 4.39 Å². The average molecular weight is 356 g/mol. The first-order valence-electron chi connectivity index (χ1n) is 8.95. The molecular weight excluding hydrogens is 331 g/mol. The number of halogens is 1. The van der Waals surface area contributed by atoms with Gasteiger partial charge in [-0.15, -0.1) is 0 Å². The number of rotatable bonds is 5. The molecule has 26 heavy (non-hydrogen) atoms. The van der Waals surface area contributed by atoms with Gasteiger partial charge < -0.3 is 15.0 Å². The number of likely N-dealkylation sites (N-methyl/N-ethyl adjacent to an activating group) is 1. The number of nitrogens with one attached hydrogen (secondary N) is 1. The molecular formula is C21H25FN2O2. The molecule has 1 fully saturated rings. The van der Waals surface area contributed by atoms with Crippen LogP contribution >= 0.6 is 0 Å². The van der Waals surface area contributed by atoms with Crippen molar-refractivity contribution < 1.29 is 13.9 Å². The third kappa shape index (κ3) is 4.11. The van der Waals surface area contributed by atoms with E-state index >= 15 is 0 Å². The number of carbonyl (C=O) groups is 1. The van der Waals surface area contributed by atoms with Crippen LogP contribution < -0.4 is 5.32 Å². The Morgan fingerprint density at radius 2 is 2.08 bits per heavy atom. The summed E-state index contributed by atoms with van der Waals surface area (Å²) in [4.78, 5) is 14.9. The standard InChI is InChI=1S/C21H25FN2O2/c1-4-26-20-13-24(3)12-19(20)23-21(25)16-7-5-6-15(11-16)18-9-8-17(22)10-14(18)2/h5-11,19-20H,4,12-13H2,1-3H3,(H,23,25)/t19-,20-/m0/s1. The monoisotopic (exact) mass is 356 g/mol. The van der Waals surface area contributed by atoms with Gasteiger partial charge in [0.2, 0.25) is 0 Å². The van der Waals surface area contributed by atoms with E-state index in [-0.39, 0.29) is 23.9 Å². The van der Waals surface area contributed by atoms with E-state index in [1.807, 2.05) is 39.1 Å². The van der Waals surface area contributed by atoms with Crippen LogP contribution in [0.5, 0.6) is 0 Å². The molecule has 2 atom stereocenters. The Hall–Kier alpha value is -2.24. The van der Waals surface area contributed by atoms with E-state index in [4.69, 9.17) is 4.74 Å². The Balaban J connectivity index is 1.78. The Kier molecular flexibility index (Phi) is 5.69. The minimum absolute atomic E-state index is 0.0106. The average Bonchev–Trinajstić information content (AvgIpc) is 2.94. The molecule has 2 aromatic rings. The van der Waals surface area contributed by atoms with Crippen molar-refractivity contribution in [2.24, 2.45) is 0 Å². The fraction of sp³-hybridized carbons (Fsp3) is 0.381. The summed E-state index contributed by atoms with van der Waals surface area (Å²) in [6.45, 7) is 6.04. The van der Waals surface area contributed by atoms with E-state index in [1.165, 1.54) is 12.1 Å². The molecule has 1 aliphatic heterocycles. The number of amides is 1. The smallest absolute Gasteiger partial charge is 0.251 e. The molecule has 0 radical (unpaired) electrons. The summed E-state index contributed by atoms with van der Waals surface area (Å²) in [7, 11) is 2.02. The first kappa shape index (κ1) is 18.5. The van der Waals surface area contributed by atoms with Gasteiger partial charge in [-0.3, -0.25) is 4.79 Å². The molecule has 0 spiro atoms. The van der Waals surface area contributed by atoms with Crippen molar-refractivity contribution in [3.05, 3.63) is 59.4 Å². The van der Waals surface area contributed by atoms with E-state index in [2.05, 4.69) is 10.2 Å². The summed E-state index contributed by atoms with van der Waals surface area (Å²) in [6, 6.07) is 12.1. The molecule has 1 heterocycles. The van der Waals surface area contributed by atoms with Crippen LogP contribution in [0.15, 0.2) is 42.5 Å². The summed E-state index contributed by atoms with van der Waals surface area (Å²) < 4.78 is 19.1. The van der Waals surface area contributed by atoms with Crippen LogP contribution in [-0.2, 0) is 4.74 Å². The Bertz CT molecular complexity index is 793. The molecule has 0 bridgehead atoms. The van der Waals surface area contributed by atoms with Crippen molar-refractivity contribution >= 4 is 5.91 Å². The second kappa shape index (κ2) is 7.98. The summed E-state index contributed by atoms with van der Waals surface area (Å²) in [6.07, 6.45) is 0.0106. The predicted octanol–water partition coefficient (Wildman–Crippen LogP) is 3.25. The molecule has 3 rings (SSSR count). The van der Waals surface area contributed by atoms with Gasteiger partial charge >= 0.3 is 0 Å². The van der Waals surface area contributed by atoms with Gasteiger partial charge in [-0.2, -0.15) is 0 Å². The molecule has 138 valence electrons. The Labute approximate surface area is 154 Å². The minimum atomic E-state index is -0.257. The van der Waals surface area contributed by atoms with Gasteiger partial charge in [0, 0.05) is 25.3 Å². The number of benzene rings is 2. The lowest BCUT2D eigenvalue weighted by atomic mass is 9.98. The van der Waals surface area contributed by atoms with Gasteiger partial charge in [-0.1, -0.05) is 18.2 Å². The quantitative estimate of drug-likeness (QED) is 0.894. The molecule has 1 N–H and O–H groups in total. The fourth-order valence-electron chi connectivity index (χ4n) is 3.51. The Morgan fingerprint density at radius 3 is 2.81 bits per heavy atom. The molecule has 0 aromatic heterocycles. The highest BCUT2D eigenvalue weighted by Crippen LogP contribution is 2.25. The normalized spacial score (nSPS) is 20.3. The molecule has 1 aliphatic rings. The highest BCUT2D eigenvalue weighted by Gasteiger charge is 2.32. The predicted molar refractivity (Wildman–Crippen MR) is 101 cm³/mol. The van der Waals surface area contributed by atoms with Crippen LogP contribution in [0.25, 0.3) is 11.1 Å². The number of nitrogens with zero attached hydrogens (tertiary/aromatic N) is 1. The van der Waals surface area contributed by atoms with Gasteiger partial charge in [-0.05, 0) is 61.9 Å². The maximum atomic E-state index is 13.3. The lowest BCUT2D eigenvalue weighted by molar-refractivity contribution is 0.0513. The zero-order chi connectivity index (χ0) is 18.7. The van der Waals surface area contributed by atoms with E-state index in [0.717, 1.165) is 29.8 Å². The van der Waals surface area contributed by atoms with Crippen molar-refractivity contribution in [2.75, 3.05) is 26.7 Å². The van der Waals surface area contributed by atoms with Crippen molar-refractivity contribution in [3.63, 3.8) is 0 Å². The number of likely N-dealkylation sites (tertiary alicyclic amines) is 1. The first-order chi connectivity index (χ1) is 12.5. The molecule has 5 heteroatoms. The number of hydrogen-bond donors (Lipinski definition) is 1. The largest absolute Gasteiger partial charge is 0.375 e. The highest BCUT2D eigenvalue weighted by atomic mass is 19.1. The SMILES string of the molecule is CCO[C@H]1CN(C)C[C@@H]1NC(=O)c1cccc(-c2ccc(F)cc2C)c1. The molecule has 1 amide bonds. The van der Waals surface area contributed by atoms with Gasteiger partial charge in [0.25, 0.3) is 5.91 Å². The van der Waals surface area contributed by atoms with E-state index in [9.17, 15) is 9.18 Å². The summed E-state index contributed by atoms with van der Waals surface area (Å²) in [5.41, 5.74) is 3.27. The third-order valence-corrected chi connectivity index (χ3v) is 4.77. The van der Waals surface area contributed by atoms with Crippen LogP contribution in [0.2, 0.25) is 0 Å². The zero-order valence-corrected chi connectivity index (χ0v) is 15.5. The van der Waals surface area contributed by atoms with Crippen LogP contribution in [0.3, 0.4) is 0 Å². The van der Waals surface area contributed by atoms with Crippen LogP contribution in [0.1, 0.15) is 22.8 Å². The summed E-state index contributed by atoms with van der Waals surface area (Å²) >= 11 is 0. The highest BCUT2D eigenvalue weighted by molar-refractivity contribution is 5.95. The van der Waals surface area contributed by atoms with Crippen LogP contribution in [0, 0.1) is 12.7 Å². The molecule has 4 nitrogen and oxygen atoms in total. The van der Waals surface area contributed by atoms with Crippen molar-refractivity contribution in [1.29, 1.82) is 0 Å². The second-order valence-electron chi connectivity index (χ2n) is 6.84. The zero-order valence-electron chi connectivity index (χ0n) is 15.5. The molecule has 2 aromatic carbocycles. The maximum absolute atomic E-state index is 13.3. The van der Waals surface area contributed by atoms with E-state index in [0.29, 0.717) is 12.2 Å². The maximum Gasteiger partial charge on any atom is 0.251 e. The van der Waals surface area contributed by atoms with E-state index < -0.39 is 0 Å². The van der Waals surface area contributed by atoms with Gasteiger partial charge in [0.1, 0.15) is 5.82 Å². The Morgan fingerprint density at radius 1 is 1.27 bits per heavy atom. The number of carbonyl (C=O) groups excluding carboxylic acids is 1. The third-order valence-electron chi connectivity index (χ3n) is 4.77. The number of ether oxygens (including phenoxy) is 1. The fourth-order valence-corrected chi connectivity index (χ4v) is 3.51. The molecule has 1 saturated heterocycles. The van der Waals surface area contributed by atoms with Crippen molar-refractivity contribution in [1.82, 2.24) is 10.2 Å². The molecule has 0 saturated carbocycles. The summed E-state index contributed by atoms with van der Waals surface area (Å²) in [5.74, 6) is -0.371. The lowest BCUT2D eigenvalue weighted by Gasteiger charge is -2.20. The lowest BCUT2D eigenvalue weighted by Crippen LogP contribution is -2.44. The van der Waals surface area contributed by atoms with Gasteiger partial charge in [-0.25, -0.2) is 4.39 Å². The van der Waals surface area contributed by atoms with E-state index in [1.54, 1.807) is 12.1 Å². The first-order valence-corrected chi connectivity index (χ1v) is 8.95. The molecule has 0 aliphatic carbocycles. The van der Waals surface area contributed by atoms with Crippen LogP contribution in [-0.4, -0.2) is 49.7 Å². The van der Waals surface area contributed by atoms with Crippen molar-refractivity contribution in [2.45, 2.75) is 26.0 Å². The number of aryl methyl sites for hydroxylation is 1. The second-order valence-corrected chi connectivity index (χ2v) is 6.84. The number of hydrogen-bond acceptors (Lipinski definition) is 3. The minimum Gasteiger partial charge on any atom is -0.375 e.